The predicted molar refractivity (Wildman–Crippen MR) is 94.9 cm³/mol. The van der Waals surface area contributed by atoms with Crippen LogP contribution in [0.1, 0.15) is 15.9 Å². The lowest BCUT2D eigenvalue weighted by atomic mass is 10.1. The molecule has 0 spiro atoms. The molecule has 0 radical (unpaired) electrons. The SMILES string of the molecule is CS(=O)(=O)c1ccc(Cl)c(C(=O)OCC(=O)Nc2ccccc2C(F)(F)F)c1. The third kappa shape index (κ3) is 5.46. The van der Waals surface area contributed by atoms with Gasteiger partial charge in [-0.1, -0.05) is 23.7 Å². The van der Waals surface area contributed by atoms with Crippen LogP contribution in [0.25, 0.3) is 0 Å². The Labute approximate surface area is 163 Å². The van der Waals surface area contributed by atoms with Gasteiger partial charge in [0.25, 0.3) is 5.91 Å². The summed E-state index contributed by atoms with van der Waals surface area (Å²) in [6, 6.07) is 7.65. The minimum absolute atomic E-state index is 0.111. The Morgan fingerprint density at radius 2 is 1.79 bits per heavy atom. The second kappa shape index (κ2) is 8.19. The summed E-state index contributed by atoms with van der Waals surface area (Å²) in [4.78, 5) is 23.7. The molecule has 0 aliphatic rings. The Morgan fingerprint density at radius 1 is 1.14 bits per heavy atom. The van der Waals surface area contributed by atoms with Crippen molar-refractivity contribution < 1.29 is 35.9 Å². The molecule has 28 heavy (non-hydrogen) atoms. The van der Waals surface area contributed by atoms with Gasteiger partial charge < -0.3 is 10.1 Å². The van der Waals surface area contributed by atoms with E-state index >= 15 is 0 Å². The molecular weight excluding hydrogens is 423 g/mol. The van der Waals surface area contributed by atoms with Crippen LogP contribution in [0, 0.1) is 0 Å². The number of rotatable bonds is 5. The normalized spacial score (nSPS) is 11.8. The number of esters is 1. The van der Waals surface area contributed by atoms with Gasteiger partial charge >= 0.3 is 12.1 Å². The van der Waals surface area contributed by atoms with Crippen molar-refractivity contribution in [3.8, 4) is 0 Å². The summed E-state index contributed by atoms with van der Waals surface area (Å²) in [5.41, 5.74) is -1.85. The van der Waals surface area contributed by atoms with Gasteiger partial charge in [-0.2, -0.15) is 13.2 Å². The minimum atomic E-state index is -4.68. The molecule has 0 saturated heterocycles. The molecule has 2 aromatic carbocycles. The maximum Gasteiger partial charge on any atom is 0.418 e. The molecular formula is C17H13ClF3NO5S. The summed E-state index contributed by atoms with van der Waals surface area (Å²) >= 11 is 5.84. The van der Waals surface area contributed by atoms with E-state index in [2.05, 4.69) is 0 Å². The van der Waals surface area contributed by atoms with Crippen LogP contribution < -0.4 is 5.32 Å². The summed E-state index contributed by atoms with van der Waals surface area (Å²) in [6.45, 7) is -0.898. The van der Waals surface area contributed by atoms with Crippen LogP contribution in [0.5, 0.6) is 0 Å². The van der Waals surface area contributed by atoms with E-state index < -0.39 is 45.7 Å². The van der Waals surface area contributed by atoms with E-state index in [0.29, 0.717) is 0 Å². The topological polar surface area (TPSA) is 89.5 Å². The molecule has 0 aliphatic carbocycles. The van der Waals surface area contributed by atoms with Crippen LogP contribution in [0.4, 0.5) is 18.9 Å². The van der Waals surface area contributed by atoms with Crippen molar-refractivity contribution in [2.24, 2.45) is 0 Å². The number of nitrogens with one attached hydrogen (secondary N) is 1. The summed E-state index contributed by atoms with van der Waals surface area (Å²) in [5, 5.41) is 1.90. The third-order valence-corrected chi connectivity index (χ3v) is 4.87. The Hall–Kier alpha value is -2.59. The number of halogens is 4. The number of amides is 1. The number of anilines is 1. The smallest absolute Gasteiger partial charge is 0.418 e. The van der Waals surface area contributed by atoms with Crippen molar-refractivity contribution >= 4 is 39.0 Å². The Bertz CT molecular complexity index is 1020. The Morgan fingerprint density at radius 3 is 2.39 bits per heavy atom. The highest BCUT2D eigenvalue weighted by Crippen LogP contribution is 2.34. The molecule has 0 aromatic heterocycles. The zero-order valence-electron chi connectivity index (χ0n) is 14.2. The van der Waals surface area contributed by atoms with Crippen LogP contribution in [-0.2, 0) is 25.5 Å². The fourth-order valence-electron chi connectivity index (χ4n) is 2.13. The quantitative estimate of drug-likeness (QED) is 0.725. The number of carbonyl (C=O) groups is 2. The average molecular weight is 436 g/mol. The zero-order chi connectivity index (χ0) is 21.1. The summed E-state index contributed by atoms with van der Waals surface area (Å²) in [7, 11) is -3.62. The molecule has 0 atom stereocenters. The van der Waals surface area contributed by atoms with Crippen molar-refractivity contribution in [2.75, 3.05) is 18.2 Å². The maximum atomic E-state index is 12.9. The molecule has 0 saturated carbocycles. The van der Waals surface area contributed by atoms with E-state index in [0.717, 1.165) is 30.5 Å². The lowest BCUT2D eigenvalue weighted by Crippen LogP contribution is -2.23. The highest BCUT2D eigenvalue weighted by Gasteiger charge is 2.33. The number of hydrogen-bond donors (Lipinski definition) is 1. The van der Waals surface area contributed by atoms with E-state index in [1.165, 1.54) is 18.2 Å². The van der Waals surface area contributed by atoms with E-state index in [4.69, 9.17) is 16.3 Å². The number of alkyl halides is 3. The molecule has 0 unspecified atom stereocenters. The fourth-order valence-corrected chi connectivity index (χ4v) is 2.97. The summed E-state index contributed by atoms with van der Waals surface area (Å²) < 4.78 is 66.6. The van der Waals surface area contributed by atoms with Gasteiger partial charge in [0.2, 0.25) is 0 Å². The summed E-state index contributed by atoms with van der Waals surface area (Å²) in [5.74, 6) is -2.12. The van der Waals surface area contributed by atoms with E-state index in [-0.39, 0.29) is 15.5 Å². The largest absolute Gasteiger partial charge is 0.452 e. The third-order valence-electron chi connectivity index (χ3n) is 3.43. The molecule has 2 rings (SSSR count). The van der Waals surface area contributed by atoms with Gasteiger partial charge in [-0.25, -0.2) is 13.2 Å². The molecule has 0 aliphatic heterocycles. The van der Waals surface area contributed by atoms with Crippen molar-refractivity contribution in [2.45, 2.75) is 11.1 Å². The van der Waals surface area contributed by atoms with Gasteiger partial charge in [-0.15, -0.1) is 0 Å². The number of hydrogen-bond acceptors (Lipinski definition) is 5. The van der Waals surface area contributed by atoms with Crippen LogP contribution in [-0.4, -0.2) is 33.2 Å². The van der Waals surface area contributed by atoms with Gasteiger partial charge in [0.15, 0.2) is 16.4 Å². The molecule has 0 fully saturated rings. The predicted octanol–water partition coefficient (Wildman–Crippen LogP) is 3.56. The fraction of sp³-hybridized carbons (Fsp3) is 0.176. The highest BCUT2D eigenvalue weighted by molar-refractivity contribution is 7.90. The van der Waals surface area contributed by atoms with E-state index in [1.807, 2.05) is 5.32 Å². The first kappa shape index (κ1) is 21.7. The molecule has 1 amide bonds. The molecule has 2 aromatic rings. The van der Waals surface area contributed by atoms with E-state index in [9.17, 15) is 31.2 Å². The van der Waals surface area contributed by atoms with Crippen molar-refractivity contribution in [3.05, 3.63) is 58.6 Å². The zero-order valence-corrected chi connectivity index (χ0v) is 15.8. The first-order valence-electron chi connectivity index (χ1n) is 7.52. The molecule has 0 heterocycles. The van der Waals surface area contributed by atoms with Crippen molar-refractivity contribution in [1.82, 2.24) is 0 Å². The van der Waals surface area contributed by atoms with Crippen molar-refractivity contribution in [1.29, 1.82) is 0 Å². The van der Waals surface area contributed by atoms with Crippen LogP contribution >= 0.6 is 11.6 Å². The van der Waals surface area contributed by atoms with Crippen molar-refractivity contribution in [3.63, 3.8) is 0 Å². The number of carbonyl (C=O) groups excluding carboxylic acids is 2. The molecule has 1 N–H and O–H groups in total. The maximum absolute atomic E-state index is 12.9. The standard InChI is InChI=1S/C17H13ClF3NO5S/c1-28(25,26)10-6-7-13(18)11(8-10)16(24)27-9-15(23)22-14-5-3-2-4-12(14)17(19,20)21/h2-8H,9H2,1H3,(H,22,23). The Kier molecular flexibility index (Phi) is 6.35. The average Bonchev–Trinajstić information content (AvgIpc) is 2.58. The second-order valence-electron chi connectivity index (χ2n) is 5.58. The van der Waals surface area contributed by atoms with Gasteiger partial charge in [0, 0.05) is 6.26 Å². The number of para-hydroxylation sites is 1. The number of benzene rings is 2. The van der Waals surface area contributed by atoms with Crippen LogP contribution in [0.3, 0.4) is 0 Å². The molecule has 0 bridgehead atoms. The monoisotopic (exact) mass is 435 g/mol. The van der Waals surface area contributed by atoms with Gasteiger partial charge in [-0.3, -0.25) is 4.79 Å². The van der Waals surface area contributed by atoms with Crippen LogP contribution in [0.2, 0.25) is 5.02 Å². The molecule has 150 valence electrons. The summed E-state index contributed by atoms with van der Waals surface area (Å²) in [6.07, 6.45) is -3.75. The number of sulfone groups is 1. The van der Waals surface area contributed by atoms with Gasteiger partial charge in [-0.05, 0) is 30.3 Å². The Balaban J connectivity index is 2.09. The van der Waals surface area contributed by atoms with Gasteiger partial charge in [0.1, 0.15) is 0 Å². The van der Waals surface area contributed by atoms with Crippen LogP contribution in [0.15, 0.2) is 47.4 Å². The molecule has 11 heteroatoms. The highest BCUT2D eigenvalue weighted by atomic mass is 35.5. The van der Waals surface area contributed by atoms with E-state index in [1.54, 1.807) is 0 Å². The lowest BCUT2D eigenvalue weighted by molar-refractivity contribution is -0.137. The first-order chi connectivity index (χ1) is 12.9. The molecule has 6 nitrogen and oxygen atoms in total. The number of ether oxygens (including phenoxy) is 1. The van der Waals surface area contributed by atoms with Gasteiger partial charge in [0.05, 0.1) is 26.7 Å². The minimum Gasteiger partial charge on any atom is -0.452 e. The lowest BCUT2D eigenvalue weighted by Gasteiger charge is -2.13. The second-order valence-corrected chi connectivity index (χ2v) is 8.00. The first-order valence-corrected chi connectivity index (χ1v) is 9.79.